The van der Waals surface area contributed by atoms with Gasteiger partial charge in [-0.3, -0.25) is 9.98 Å². The van der Waals surface area contributed by atoms with Gasteiger partial charge in [-0.25, -0.2) is 9.97 Å². The third-order valence-corrected chi connectivity index (χ3v) is 5.40. The summed E-state index contributed by atoms with van der Waals surface area (Å²) in [4.78, 5) is 16.9. The van der Waals surface area contributed by atoms with Crippen molar-refractivity contribution < 1.29 is 0 Å². The summed E-state index contributed by atoms with van der Waals surface area (Å²) in [6.45, 7) is 27.3. The molecule has 38 heavy (non-hydrogen) atoms. The van der Waals surface area contributed by atoms with Gasteiger partial charge in [0.2, 0.25) is 0 Å². The molecule has 0 fully saturated rings. The second kappa shape index (κ2) is 31.1. The van der Waals surface area contributed by atoms with E-state index in [2.05, 4.69) is 80.3 Å². The molecule has 0 aliphatic rings. The van der Waals surface area contributed by atoms with Crippen molar-refractivity contribution in [1.82, 2.24) is 15.3 Å². The normalized spacial score (nSPS) is 11.0. The molecule has 0 amide bonds. The maximum Gasteiger partial charge on any atom is 0.126 e. The summed E-state index contributed by atoms with van der Waals surface area (Å²) in [6.07, 6.45) is 19.2. The number of nitrogens with one attached hydrogen (secondary N) is 1. The molecule has 1 aromatic heterocycles. The first kappa shape index (κ1) is 40.4. The van der Waals surface area contributed by atoms with Crippen LogP contribution >= 0.6 is 0 Å². The Morgan fingerprint density at radius 1 is 0.895 bits per heavy atom. The predicted molar refractivity (Wildman–Crippen MR) is 175 cm³/mol. The molecule has 0 unspecified atom stereocenters. The van der Waals surface area contributed by atoms with Crippen LogP contribution in [-0.2, 0) is 0 Å². The topological polar surface area (TPSA) is 62.5 Å². The number of aromatic nitrogens is 2. The molecule has 0 saturated carbocycles. The minimum absolute atomic E-state index is 0.738. The Morgan fingerprint density at radius 2 is 1.50 bits per heavy atom. The first-order chi connectivity index (χ1) is 18.2. The van der Waals surface area contributed by atoms with Gasteiger partial charge >= 0.3 is 0 Å². The van der Waals surface area contributed by atoms with Gasteiger partial charge in [0, 0.05) is 36.8 Å². The zero-order valence-corrected chi connectivity index (χ0v) is 27.2. The fraction of sp³-hybridized carbons (Fsp3) is 0.697. The molecular formula is C33H63N5. The standard InChI is InChI=1S/C14H18N4.C9H20.C6H15N.C4H10/c1-6-12(8-16-7-2)14-13(9-15-5)10(3)17-11(4)18-14;1-4-5-6-7-8-9(2)3;1-3-5-7-6-4-2;1-3-4-2/h6-9H,2H2,1,3-5H3;9H,4-8H2,1-3H3;7H,3-6H2,1-2H3;3-4H2,1-2H3/b12-6+,15-9?,16-8?;;;. The average molecular weight is 530 g/mol. The summed E-state index contributed by atoms with van der Waals surface area (Å²) in [5.41, 5.74) is 3.61. The van der Waals surface area contributed by atoms with Crippen molar-refractivity contribution in [1.29, 1.82) is 0 Å². The van der Waals surface area contributed by atoms with Crippen LogP contribution in [-0.4, -0.2) is 42.5 Å². The van der Waals surface area contributed by atoms with Crippen LogP contribution in [0.25, 0.3) is 5.57 Å². The molecule has 1 rings (SSSR count). The van der Waals surface area contributed by atoms with Crippen molar-refractivity contribution in [2.75, 3.05) is 20.1 Å². The average Bonchev–Trinajstić information content (AvgIpc) is 2.90. The van der Waals surface area contributed by atoms with Crippen LogP contribution in [0.1, 0.15) is 136 Å². The Hall–Kier alpha value is -2.14. The Balaban J connectivity index is -0.000000510. The van der Waals surface area contributed by atoms with Crippen LogP contribution in [0.4, 0.5) is 0 Å². The van der Waals surface area contributed by atoms with Crippen molar-refractivity contribution >= 4 is 18.0 Å². The summed E-state index contributed by atoms with van der Waals surface area (Å²) in [5, 5.41) is 3.28. The quantitative estimate of drug-likeness (QED) is 0.193. The number of nitrogens with zero attached hydrogens (tertiary/aromatic N) is 4. The van der Waals surface area contributed by atoms with Crippen LogP contribution < -0.4 is 5.32 Å². The number of aryl methyl sites for hydroxylation is 2. The molecule has 1 N–H and O–H groups in total. The van der Waals surface area contributed by atoms with Crippen LogP contribution in [0.15, 0.2) is 28.8 Å². The van der Waals surface area contributed by atoms with E-state index in [-0.39, 0.29) is 0 Å². The largest absolute Gasteiger partial charge is 0.317 e. The number of aliphatic imine (C=N–C) groups is 2. The molecule has 0 radical (unpaired) electrons. The molecule has 0 saturated heterocycles. The minimum atomic E-state index is 0.738. The maximum absolute atomic E-state index is 4.48. The monoisotopic (exact) mass is 530 g/mol. The van der Waals surface area contributed by atoms with E-state index in [1.54, 1.807) is 19.5 Å². The van der Waals surface area contributed by atoms with Gasteiger partial charge in [-0.15, -0.1) is 0 Å². The van der Waals surface area contributed by atoms with Crippen molar-refractivity contribution in [2.24, 2.45) is 15.9 Å². The van der Waals surface area contributed by atoms with Crippen molar-refractivity contribution in [3.63, 3.8) is 0 Å². The molecule has 5 heteroatoms. The van der Waals surface area contributed by atoms with E-state index in [1.165, 1.54) is 77.1 Å². The Kier molecular flexibility index (Phi) is 33.0. The molecule has 1 heterocycles. The number of rotatable bonds is 14. The molecule has 0 spiro atoms. The van der Waals surface area contributed by atoms with Crippen molar-refractivity contribution in [3.8, 4) is 0 Å². The fourth-order valence-corrected chi connectivity index (χ4v) is 3.09. The minimum Gasteiger partial charge on any atom is -0.317 e. The number of allylic oxidation sites excluding steroid dienone is 2. The van der Waals surface area contributed by atoms with E-state index >= 15 is 0 Å². The lowest BCUT2D eigenvalue weighted by Gasteiger charge is -2.09. The van der Waals surface area contributed by atoms with Gasteiger partial charge < -0.3 is 5.32 Å². The summed E-state index contributed by atoms with van der Waals surface area (Å²) in [6, 6.07) is 0. The van der Waals surface area contributed by atoms with E-state index in [1.807, 2.05) is 26.8 Å². The maximum atomic E-state index is 4.48. The Bertz CT molecular complexity index is 742. The molecule has 5 nitrogen and oxygen atoms in total. The highest BCUT2D eigenvalue weighted by atomic mass is 14.9. The van der Waals surface area contributed by atoms with Gasteiger partial charge in [0.05, 0.1) is 11.4 Å². The lowest BCUT2D eigenvalue weighted by molar-refractivity contribution is 0.525. The number of unbranched alkanes of at least 4 members (excludes halogenated alkanes) is 4. The molecule has 0 aliphatic heterocycles. The van der Waals surface area contributed by atoms with Gasteiger partial charge in [0.15, 0.2) is 0 Å². The van der Waals surface area contributed by atoms with Gasteiger partial charge in [-0.1, -0.05) is 106 Å². The number of hydrogen-bond acceptors (Lipinski definition) is 5. The van der Waals surface area contributed by atoms with Crippen molar-refractivity contribution in [3.05, 3.63) is 41.6 Å². The smallest absolute Gasteiger partial charge is 0.126 e. The van der Waals surface area contributed by atoms with E-state index in [0.29, 0.717) is 0 Å². The summed E-state index contributed by atoms with van der Waals surface area (Å²) < 4.78 is 0. The molecular weight excluding hydrogens is 466 g/mol. The van der Waals surface area contributed by atoms with Crippen LogP contribution in [0, 0.1) is 19.8 Å². The fourth-order valence-electron chi connectivity index (χ4n) is 3.09. The highest BCUT2D eigenvalue weighted by molar-refractivity contribution is 6.11. The SMILES string of the molecule is C=CN=C/C(=C\C)c1nc(C)nc(C)c1C=NC.CCCC.CCCCCCC(C)C.CCCNCCC. The Labute approximate surface area is 237 Å². The van der Waals surface area contributed by atoms with E-state index in [0.717, 1.165) is 34.3 Å². The van der Waals surface area contributed by atoms with Gasteiger partial charge in [0.1, 0.15) is 5.82 Å². The van der Waals surface area contributed by atoms with Crippen LogP contribution in [0.2, 0.25) is 0 Å². The molecule has 1 aromatic rings. The molecule has 0 bridgehead atoms. The van der Waals surface area contributed by atoms with E-state index in [9.17, 15) is 0 Å². The molecule has 0 aromatic carbocycles. The van der Waals surface area contributed by atoms with Crippen LogP contribution in [0.3, 0.4) is 0 Å². The summed E-state index contributed by atoms with van der Waals surface area (Å²) >= 11 is 0. The molecule has 0 atom stereocenters. The second-order valence-electron chi connectivity index (χ2n) is 9.70. The van der Waals surface area contributed by atoms with E-state index in [4.69, 9.17) is 0 Å². The molecule has 220 valence electrons. The predicted octanol–water partition coefficient (Wildman–Crippen LogP) is 9.57. The highest BCUT2D eigenvalue weighted by Gasteiger charge is 2.11. The zero-order valence-electron chi connectivity index (χ0n) is 27.2. The summed E-state index contributed by atoms with van der Waals surface area (Å²) in [7, 11) is 1.73. The van der Waals surface area contributed by atoms with Gasteiger partial charge in [0.25, 0.3) is 0 Å². The first-order valence-electron chi connectivity index (χ1n) is 15.0. The van der Waals surface area contributed by atoms with Crippen molar-refractivity contribution in [2.45, 2.75) is 127 Å². The molecule has 0 aliphatic carbocycles. The highest BCUT2D eigenvalue weighted by Crippen LogP contribution is 2.17. The third-order valence-electron chi connectivity index (χ3n) is 5.40. The third kappa shape index (κ3) is 25.5. The Morgan fingerprint density at radius 3 is 1.92 bits per heavy atom. The van der Waals surface area contributed by atoms with E-state index < -0.39 is 0 Å². The second-order valence-corrected chi connectivity index (χ2v) is 9.70. The van der Waals surface area contributed by atoms with Gasteiger partial charge in [-0.05, 0) is 52.6 Å². The summed E-state index contributed by atoms with van der Waals surface area (Å²) in [5.74, 6) is 1.64. The first-order valence-corrected chi connectivity index (χ1v) is 15.0. The lowest BCUT2D eigenvalue weighted by atomic mass is 10.1. The zero-order chi connectivity index (χ0) is 29.6. The van der Waals surface area contributed by atoms with Crippen LogP contribution in [0.5, 0.6) is 0 Å². The number of hydrogen-bond donors (Lipinski definition) is 1. The van der Waals surface area contributed by atoms with Gasteiger partial charge in [-0.2, -0.15) is 0 Å². The lowest BCUT2D eigenvalue weighted by Crippen LogP contribution is -2.14.